The Balaban J connectivity index is 1.35. The maximum atomic E-state index is 6.10. The van der Waals surface area contributed by atoms with Crippen LogP contribution in [0.4, 0.5) is 0 Å². The van der Waals surface area contributed by atoms with E-state index in [1.165, 1.54) is 24.1 Å². The number of nitrogens with two attached hydrogens (primary N) is 2. The highest BCUT2D eigenvalue weighted by molar-refractivity contribution is 5.69. The largest absolute Gasteiger partial charge is 0.488 e. The van der Waals surface area contributed by atoms with E-state index in [0.29, 0.717) is 29.4 Å². The molecule has 2 aromatic rings. The lowest BCUT2D eigenvalue weighted by Gasteiger charge is -2.29. The van der Waals surface area contributed by atoms with Gasteiger partial charge in [0, 0.05) is 30.4 Å². The van der Waals surface area contributed by atoms with Gasteiger partial charge in [-0.15, -0.1) is 5.10 Å². The summed E-state index contributed by atoms with van der Waals surface area (Å²) in [6.45, 7) is 2.00. The van der Waals surface area contributed by atoms with Crippen molar-refractivity contribution in [3.8, 4) is 17.1 Å². The highest BCUT2D eigenvalue weighted by atomic mass is 16.7. The average molecular weight is 413 g/mol. The third-order valence-corrected chi connectivity index (χ3v) is 5.73. The van der Waals surface area contributed by atoms with Crippen molar-refractivity contribution in [1.29, 1.82) is 0 Å². The molecule has 0 bridgehead atoms. The second kappa shape index (κ2) is 7.53. The van der Waals surface area contributed by atoms with Crippen molar-refractivity contribution in [3.63, 3.8) is 0 Å². The molecular weight excluding hydrogens is 386 g/mol. The number of rotatable bonds is 7. The standard InChI is InChI=1S/C20H27N7O3/c1-26(22)16(7-21)13-6-17(30-14-2-3-14)19(23-8-13)15-9-27(25-24-15)10-18-28-11-20(4-5-20)12-29-18/h6-9,14,18H,2-5,10-12,21-22H2,1H3/b16-7-. The van der Waals surface area contributed by atoms with E-state index < -0.39 is 0 Å². The molecule has 4 N–H and O–H groups in total. The van der Waals surface area contributed by atoms with E-state index in [-0.39, 0.29) is 17.8 Å². The molecule has 0 unspecified atom stereocenters. The number of hydrogen-bond donors (Lipinski definition) is 2. The molecule has 1 aliphatic heterocycles. The Morgan fingerprint density at radius 2 is 2.13 bits per heavy atom. The van der Waals surface area contributed by atoms with Crippen molar-refractivity contribution in [2.75, 3.05) is 20.3 Å². The fourth-order valence-corrected chi connectivity index (χ4v) is 3.50. The van der Waals surface area contributed by atoms with Gasteiger partial charge < -0.3 is 25.0 Å². The first kappa shape index (κ1) is 19.3. The van der Waals surface area contributed by atoms with Crippen molar-refractivity contribution >= 4 is 5.70 Å². The molecule has 160 valence electrons. The smallest absolute Gasteiger partial charge is 0.177 e. The van der Waals surface area contributed by atoms with Crippen LogP contribution in [0.15, 0.2) is 24.7 Å². The molecule has 1 saturated heterocycles. The first-order valence-corrected chi connectivity index (χ1v) is 10.3. The summed E-state index contributed by atoms with van der Waals surface area (Å²) < 4.78 is 19.5. The number of pyridine rings is 1. The lowest BCUT2D eigenvalue weighted by Crippen LogP contribution is -2.36. The molecule has 10 nitrogen and oxygen atoms in total. The van der Waals surface area contributed by atoms with Crippen LogP contribution < -0.4 is 16.3 Å². The molecule has 2 aliphatic carbocycles. The van der Waals surface area contributed by atoms with Crippen molar-refractivity contribution in [2.24, 2.45) is 17.0 Å². The molecule has 0 amide bonds. The molecule has 0 aromatic carbocycles. The Hall–Kier alpha value is -2.69. The Bertz CT molecular complexity index is 940. The Kier molecular flexibility index (Phi) is 4.84. The van der Waals surface area contributed by atoms with Crippen LogP contribution in [0.3, 0.4) is 0 Å². The fourth-order valence-electron chi connectivity index (χ4n) is 3.50. The minimum absolute atomic E-state index is 0.204. The SMILES string of the molecule is CN(N)/C(=C\N)c1cnc(-c2cn(CC3OCC4(CC4)CO3)nn2)c(OC2CC2)c1. The second-order valence-corrected chi connectivity index (χ2v) is 8.43. The molecule has 0 atom stereocenters. The van der Waals surface area contributed by atoms with Gasteiger partial charge in [-0.2, -0.15) is 0 Å². The first-order valence-electron chi connectivity index (χ1n) is 10.3. The summed E-state index contributed by atoms with van der Waals surface area (Å²) in [4.78, 5) is 4.59. The van der Waals surface area contributed by atoms with Crippen molar-refractivity contribution in [1.82, 2.24) is 25.0 Å². The molecule has 3 fully saturated rings. The summed E-state index contributed by atoms with van der Waals surface area (Å²) in [5.74, 6) is 6.51. The average Bonchev–Trinajstić information content (AvgIpc) is 3.65. The first-order chi connectivity index (χ1) is 14.5. The highest BCUT2D eigenvalue weighted by Gasteiger charge is 2.47. The quantitative estimate of drug-likeness (QED) is 0.507. The van der Waals surface area contributed by atoms with Crippen LogP contribution >= 0.6 is 0 Å². The molecule has 30 heavy (non-hydrogen) atoms. The summed E-state index contributed by atoms with van der Waals surface area (Å²) in [7, 11) is 1.72. The predicted octanol–water partition coefficient (Wildman–Crippen LogP) is 1.10. The zero-order valence-electron chi connectivity index (χ0n) is 17.0. The predicted molar refractivity (Wildman–Crippen MR) is 108 cm³/mol. The molecule has 5 rings (SSSR count). The normalized spacial score (nSPS) is 21.1. The van der Waals surface area contributed by atoms with Gasteiger partial charge in [0.15, 0.2) is 6.29 Å². The van der Waals surface area contributed by atoms with Crippen molar-refractivity contribution in [3.05, 3.63) is 30.2 Å². The summed E-state index contributed by atoms with van der Waals surface area (Å²) >= 11 is 0. The monoisotopic (exact) mass is 413 g/mol. The lowest BCUT2D eigenvalue weighted by molar-refractivity contribution is -0.213. The van der Waals surface area contributed by atoms with E-state index in [1.54, 1.807) is 17.9 Å². The molecule has 3 aliphatic rings. The molecule has 3 heterocycles. The zero-order valence-corrected chi connectivity index (χ0v) is 17.0. The van der Waals surface area contributed by atoms with E-state index in [1.807, 2.05) is 12.3 Å². The van der Waals surface area contributed by atoms with Gasteiger partial charge in [0.2, 0.25) is 0 Å². The van der Waals surface area contributed by atoms with Crippen LogP contribution in [-0.4, -0.2) is 57.6 Å². The molecular formula is C20H27N7O3. The van der Waals surface area contributed by atoms with Crippen LogP contribution in [-0.2, 0) is 16.0 Å². The van der Waals surface area contributed by atoms with Crippen LogP contribution in [0.2, 0.25) is 0 Å². The molecule has 2 saturated carbocycles. The van der Waals surface area contributed by atoms with E-state index in [9.17, 15) is 0 Å². The van der Waals surface area contributed by atoms with Gasteiger partial charge in [-0.05, 0) is 31.7 Å². The van der Waals surface area contributed by atoms with E-state index >= 15 is 0 Å². The van der Waals surface area contributed by atoms with E-state index in [0.717, 1.165) is 31.6 Å². The number of ether oxygens (including phenoxy) is 3. The topological polar surface area (TPSA) is 127 Å². The number of hydrazine groups is 1. The third-order valence-electron chi connectivity index (χ3n) is 5.73. The van der Waals surface area contributed by atoms with Crippen molar-refractivity contribution < 1.29 is 14.2 Å². The van der Waals surface area contributed by atoms with Gasteiger partial charge in [-0.1, -0.05) is 5.21 Å². The summed E-state index contributed by atoms with van der Waals surface area (Å²) in [5.41, 5.74) is 8.69. The maximum Gasteiger partial charge on any atom is 0.177 e. The highest BCUT2D eigenvalue weighted by Crippen LogP contribution is 2.48. The fraction of sp³-hybridized carbons (Fsp3) is 0.550. The van der Waals surface area contributed by atoms with Crippen LogP contribution in [0.5, 0.6) is 5.75 Å². The van der Waals surface area contributed by atoms with Gasteiger partial charge in [0.1, 0.15) is 17.1 Å². The zero-order chi connectivity index (χ0) is 20.7. The van der Waals surface area contributed by atoms with Gasteiger partial charge in [-0.25, -0.2) is 15.5 Å². The molecule has 0 radical (unpaired) electrons. The molecule has 1 spiro atoms. The van der Waals surface area contributed by atoms with Crippen LogP contribution in [0, 0.1) is 5.41 Å². The summed E-state index contributed by atoms with van der Waals surface area (Å²) in [5, 5.41) is 9.97. The van der Waals surface area contributed by atoms with E-state index in [4.69, 9.17) is 25.8 Å². The lowest BCUT2D eigenvalue weighted by atomic mass is 10.1. The summed E-state index contributed by atoms with van der Waals surface area (Å²) in [6.07, 6.45) is 9.35. The Morgan fingerprint density at radius 1 is 1.37 bits per heavy atom. The number of hydrogen-bond acceptors (Lipinski definition) is 9. The van der Waals surface area contributed by atoms with Gasteiger partial charge >= 0.3 is 0 Å². The third kappa shape index (κ3) is 3.98. The number of aromatic nitrogens is 4. The molecule has 10 heteroatoms. The Labute approximate surface area is 174 Å². The van der Waals surface area contributed by atoms with Crippen molar-refractivity contribution in [2.45, 2.75) is 44.6 Å². The van der Waals surface area contributed by atoms with Crippen LogP contribution in [0.1, 0.15) is 31.2 Å². The molecule has 2 aromatic heterocycles. The van der Waals surface area contributed by atoms with Crippen LogP contribution in [0.25, 0.3) is 17.1 Å². The van der Waals surface area contributed by atoms with E-state index in [2.05, 4.69) is 15.3 Å². The second-order valence-electron chi connectivity index (χ2n) is 8.43. The maximum absolute atomic E-state index is 6.10. The number of nitrogens with zero attached hydrogens (tertiary/aromatic N) is 5. The minimum Gasteiger partial charge on any atom is -0.488 e. The van der Waals surface area contributed by atoms with Gasteiger partial charge in [0.25, 0.3) is 0 Å². The Morgan fingerprint density at radius 3 is 2.77 bits per heavy atom. The summed E-state index contributed by atoms with van der Waals surface area (Å²) in [6, 6.07) is 1.89. The van der Waals surface area contributed by atoms with Gasteiger partial charge in [0.05, 0.1) is 37.8 Å². The minimum atomic E-state index is -0.305. The van der Waals surface area contributed by atoms with Gasteiger partial charge in [-0.3, -0.25) is 0 Å².